The maximum absolute atomic E-state index is 13.4. The third-order valence-electron chi connectivity index (χ3n) is 5.61. The lowest BCUT2D eigenvalue weighted by molar-refractivity contribution is -0.141. The standard InChI is InChI=1S/C26H27N3O4/c1-32-22-11-10-21(17-23(22)33-18-19-12-14-27-15-13-19)28-26(31)25(20-7-3-2-4-8-20)29-16-6-5-9-24(29)30/h2-4,7-8,10-15,17,25H,5-6,9,16,18H2,1H3,(H,28,31). The van der Waals surface area contributed by atoms with Crippen molar-refractivity contribution in [2.24, 2.45) is 0 Å². The number of rotatable bonds is 8. The van der Waals surface area contributed by atoms with Gasteiger partial charge in [0.15, 0.2) is 11.5 Å². The molecule has 2 heterocycles. The third-order valence-corrected chi connectivity index (χ3v) is 5.61. The van der Waals surface area contributed by atoms with Gasteiger partial charge in [-0.2, -0.15) is 0 Å². The lowest BCUT2D eigenvalue weighted by Crippen LogP contribution is -2.43. The van der Waals surface area contributed by atoms with Crippen LogP contribution in [0.15, 0.2) is 73.1 Å². The van der Waals surface area contributed by atoms with Crippen molar-refractivity contribution in [2.45, 2.75) is 31.9 Å². The van der Waals surface area contributed by atoms with Crippen LogP contribution < -0.4 is 14.8 Å². The average Bonchev–Trinajstić information content (AvgIpc) is 2.85. The molecule has 1 fully saturated rings. The van der Waals surface area contributed by atoms with Crippen LogP contribution in [0, 0.1) is 0 Å². The summed E-state index contributed by atoms with van der Waals surface area (Å²) >= 11 is 0. The molecule has 1 N–H and O–H groups in total. The van der Waals surface area contributed by atoms with Crippen LogP contribution >= 0.6 is 0 Å². The number of ether oxygens (including phenoxy) is 2. The Balaban J connectivity index is 1.55. The Bertz CT molecular complexity index is 1090. The van der Waals surface area contributed by atoms with E-state index in [2.05, 4.69) is 10.3 Å². The summed E-state index contributed by atoms with van der Waals surface area (Å²) in [5, 5.41) is 2.97. The highest BCUT2D eigenvalue weighted by Crippen LogP contribution is 2.32. The van der Waals surface area contributed by atoms with Gasteiger partial charge in [0, 0.05) is 37.1 Å². The number of benzene rings is 2. The number of hydrogen-bond acceptors (Lipinski definition) is 5. The first-order chi connectivity index (χ1) is 16.2. The Hall–Kier alpha value is -3.87. The van der Waals surface area contributed by atoms with Crippen molar-refractivity contribution in [3.8, 4) is 11.5 Å². The van der Waals surface area contributed by atoms with Gasteiger partial charge in [-0.15, -0.1) is 0 Å². The van der Waals surface area contributed by atoms with E-state index in [1.807, 2.05) is 42.5 Å². The van der Waals surface area contributed by atoms with Gasteiger partial charge in [-0.25, -0.2) is 0 Å². The number of amides is 2. The number of methoxy groups -OCH3 is 1. The van der Waals surface area contributed by atoms with Gasteiger partial charge in [-0.3, -0.25) is 14.6 Å². The molecule has 1 saturated heterocycles. The number of hydrogen-bond donors (Lipinski definition) is 1. The highest BCUT2D eigenvalue weighted by molar-refractivity contribution is 5.98. The molecule has 7 heteroatoms. The summed E-state index contributed by atoms with van der Waals surface area (Å²) in [5.41, 5.74) is 2.32. The van der Waals surface area contributed by atoms with E-state index in [0.29, 0.717) is 36.8 Å². The maximum Gasteiger partial charge on any atom is 0.251 e. The first-order valence-corrected chi connectivity index (χ1v) is 11.0. The Kier molecular flexibility index (Phi) is 7.19. The maximum atomic E-state index is 13.4. The van der Waals surface area contributed by atoms with E-state index in [0.717, 1.165) is 24.0 Å². The summed E-state index contributed by atoms with van der Waals surface area (Å²) in [6.45, 7) is 0.903. The van der Waals surface area contributed by atoms with Gasteiger partial charge in [0.2, 0.25) is 5.91 Å². The smallest absolute Gasteiger partial charge is 0.251 e. The van der Waals surface area contributed by atoms with Gasteiger partial charge in [0.1, 0.15) is 12.6 Å². The number of carbonyl (C=O) groups is 2. The predicted molar refractivity (Wildman–Crippen MR) is 125 cm³/mol. The Labute approximate surface area is 193 Å². The van der Waals surface area contributed by atoms with Crippen LogP contribution in [0.25, 0.3) is 0 Å². The van der Waals surface area contributed by atoms with Crippen molar-refractivity contribution < 1.29 is 19.1 Å². The van der Waals surface area contributed by atoms with Crippen LogP contribution in [0.4, 0.5) is 5.69 Å². The van der Waals surface area contributed by atoms with Crippen molar-refractivity contribution in [2.75, 3.05) is 19.0 Å². The largest absolute Gasteiger partial charge is 0.493 e. The number of nitrogens with one attached hydrogen (secondary N) is 1. The molecule has 33 heavy (non-hydrogen) atoms. The van der Waals surface area contributed by atoms with Crippen LogP contribution in [0.1, 0.15) is 36.4 Å². The van der Waals surface area contributed by atoms with Crippen molar-refractivity contribution in [1.82, 2.24) is 9.88 Å². The average molecular weight is 446 g/mol. The van der Waals surface area contributed by atoms with Crippen LogP contribution in [0.5, 0.6) is 11.5 Å². The normalized spacial score (nSPS) is 14.5. The van der Waals surface area contributed by atoms with Gasteiger partial charge in [0.25, 0.3) is 5.91 Å². The zero-order chi connectivity index (χ0) is 23.0. The molecule has 2 aromatic carbocycles. The van der Waals surface area contributed by atoms with E-state index in [1.54, 1.807) is 42.6 Å². The van der Waals surface area contributed by atoms with Gasteiger partial charge in [0.05, 0.1) is 7.11 Å². The summed E-state index contributed by atoms with van der Waals surface area (Å²) < 4.78 is 11.4. The molecule has 3 aromatic rings. The number of piperidine rings is 1. The molecule has 0 bridgehead atoms. The van der Waals surface area contributed by atoms with Gasteiger partial charge < -0.3 is 19.7 Å². The van der Waals surface area contributed by atoms with E-state index in [-0.39, 0.29) is 11.8 Å². The molecule has 1 atom stereocenters. The van der Waals surface area contributed by atoms with Gasteiger partial charge in [-0.05, 0) is 48.2 Å². The summed E-state index contributed by atoms with van der Waals surface area (Å²) in [6.07, 6.45) is 5.62. The number of pyridine rings is 1. The fourth-order valence-electron chi connectivity index (χ4n) is 3.93. The molecule has 0 aliphatic carbocycles. The molecular weight excluding hydrogens is 418 g/mol. The van der Waals surface area contributed by atoms with E-state index in [9.17, 15) is 9.59 Å². The Morgan fingerprint density at radius 3 is 2.58 bits per heavy atom. The monoisotopic (exact) mass is 445 g/mol. The summed E-state index contributed by atoms with van der Waals surface area (Å²) in [7, 11) is 1.57. The van der Waals surface area contributed by atoms with Crippen LogP contribution in [-0.2, 0) is 16.2 Å². The zero-order valence-corrected chi connectivity index (χ0v) is 18.6. The van der Waals surface area contributed by atoms with Crippen LogP contribution in [0.2, 0.25) is 0 Å². The first-order valence-electron chi connectivity index (χ1n) is 11.0. The van der Waals surface area contributed by atoms with E-state index in [1.165, 1.54) is 0 Å². The summed E-state index contributed by atoms with van der Waals surface area (Å²) in [5.74, 6) is 0.813. The van der Waals surface area contributed by atoms with E-state index in [4.69, 9.17) is 9.47 Å². The molecule has 1 aliphatic rings. The highest BCUT2D eigenvalue weighted by Gasteiger charge is 2.32. The lowest BCUT2D eigenvalue weighted by Gasteiger charge is -2.34. The van der Waals surface area contributed by atoms with Gasteiger partial charge >= 0.3 is 0 Å². The van der Waals surface area contributed by atoms with Crippen molar-refractivity contribution in [1.29, 1.82) is 0 Å². The summed E-state index contributed by atoms with van der Waals surface area (Å²) in [4.78, 5) is 31.7. The minimum atomic E-state index is -0.692. The second-order valence-electron chi connectivity index (χ2n) is 7.86. The van der Waals surface area contributed by atoms with Crippen LogP contribution in [0.3, 0.4) is 0 Å². The molecule has 170 valence electrons. The topological polar surface area (TPSA) is 80.8 Å². The fourth-order valence-corrected chi connectivity index (χ4v) is 3.93. The molecule has 2 amide bonds. The quantitative estimate of drug-likeness (QED) is 0.557. The lowest BCUT2D eigenvalue weighted by atomic mass is 10.0. The first kappa shape index (κ1) is 22.3. The molecule has 7 nitrogen and oxygen atoms in total. The predicted octanol–water partition coefficient (Wildman–Crippen LogP) is 4.36. The Morgan fingerprint density at radius 1 is 1.06 bits per heavy atom. The van der Waals surface area contributed by atoms with Gasteiger partial charge in [-0.1, -0.05) is 30.3 Å². The number of likely N-dealkylation sites (tertiary alicyclic amines) is 1. The molecule has 4 rings (SSSR count). The Morgan fingerprint density at radius 2 is 1.85 bits per heavy atom. The molecule has 1 unspecified atom stereocenters. The highest BCUT2D eigenvalue weighted by atomic mass is 16.5. The molecule has 0 radical (unpaired) electrons. The second-order valence-corrected chi connectivity index (χ2v) is 7.86. The fraction of sp³-hybridized carbons (Fsp3) is 0.269. The molecular formula is C26H27N3O4. The van der Waals surface area contributed by atoms with E-state index < -0.39 is 6.04 Å². The van der Waals surface area contributed by atoms with Crippen LogP contribution in [-0.4, -0.2) is 35.4 Å². The minimum absolute atomic E-state index is 0.00126. The zero-order valence-electron chi connectivity index (χ0n) is 18.6. The molecule has 0 saturated carbocycles. The molecule has 1 aliphatic heterocycles. The minimum Gasteiger partial charge on any atom is -0.493 e. The third kappa shape index (κ3) is 5.49. The molecule has 1 aromatic heterocycles. The number of aromatic nitrogens is 1. The van der Waals surface area contributed by atoms with E-state index >= 15 is 0 Å². The SMILES string of the molecule is COc1ccc(NC(=O)C(c2ccccc2)N2CCCCC2=O)cc1OCc1ccncc1. The number of nitrogens with zero attached hydrogens (tertiary/aromatic N) is 2. The molecule has 0 spiro atoms. The number of anilines is 1. The summed E-state index contributed by atoms with van der Waals surface area (Å²) in [6, 6.07) is 17.7. The second kappa shape index (κ2) is 10.6. The van der Waals surface area contributed by atoms with Crippen molar-refractivity contribution in [3.05, 3.63) is 84.2 Å². The number of carbonyl (C=O) groups excluding carboxylic acids is 2. The van der Waals surface area contributed by atoms with Crippen molar-refractivity contribution >= 4 is 17.5 Å². The van der Waals surface area contributed by atoms with Crippen molar-refractivity contribution in [3.63, 3.8) is 0 Å².